The summed E-state index contributed by atoms with van der Waals surface area (Å²) in [5, 5.41) is 4.53. The van der Waals surface area contributed by atoms with Crippen molar-refractivity contribution < 1.29 is 22.8 Å². The Kier molecular flexibility index (Phi) is 5.52. The van der Waals surface area contributed by atoms with Crippen molar-refractivity contribution in [3.63, 3.8) is 0 Å². The first-order chi connectivity index (χ1) is 15.2. The lowest BCUT2D eigenvalue weighted by Crippen LogP contribution is -2.32. The SMILES string of the molecule is CN(C)c1ccc(N2C(=O)C(Nc3cccc(C(F)(F)F)c3)=C(c3cccs3)C2=O)cc1. The van der Waals surface area contributed by atoms with E-state index < -0.39 is 23.6 Å². The molecule has 0 atom stereocenters. The lowest BCUT2D eigenvalue weighted by molar-refractivity contribution is -0.137. The summed E-state index contributed by atoms with van der Waals surface area (Å²) in [5.74, 6) is -1.17. The smallest absolute Gasteiger partial charge is 0.378 e. The zero-order chi connectivity index (χ0) is 23.0. The Bertz CT molecular complexity index is 1200. The molecule has 1 aromatic heterocycles. The highest BCUT2D eigenvalue weighted by Crippen LogP contribution is 2.37. The minimum absolute atomic E-state index is 0.0616. The predicted octanol–water partition coefficient (Wildman–Crippen LogP) is 5.23. The summed E-state index contributed by atoms with van der Waals surface area (Å²) in [5.41, 5.74) is 0.540. The number of nitrogens with zero attached hydrogens (tertiary/aromatic N) is 2. The molecule has 1 N–H and O–H groups in total. The predicted molar refractivity (Wildman–Crippen MR) is 120 cm³/mol. The number of halogens is 3. The van der Waals surface area contributed by atoms with E-state index >= 15 is 0 Å². The summed E-state index contributed by atoms with van der Waals surface area (Å²) in [4.78, 5) is 30.0. The molecule has 32 heavy (non-hydrogen) atoms. The molecule has 2 heterocycles. The van der Waals surface area contributed by atoms with Gasteiger partial charge in [0.25, 0.3) is 11.8 Å². The summed E-state index contributed by atoms with van der Waals surface area (Å²) in [6, 6.07) is 14.8. The summed E-state index contributed by atoms with van der Waals surface area (Å²) in [6.07, 6.45) is -4.53. The monoisotopic (exact) mass is 457 g/mol. The van der Waals surface area contributed by atoms with E-state index in [1.807, 2.05) is 19.0 Å². The van der Waals surface area contributed by atoms with Gasteiger partial charge in [0.15, 0.2) is 0 Å². The third-order valence-corrected chi connectivity index (χ3v) is 5.82. The van der Waals surface area contributed by atoms with Crippen LogP contribution in [0.2, 0.25) is 0 Å². The number of hydrogen-bond donors (Lipinski definition) is 1. The van der Waals surface area contributed by atoms with Crippen molar-refractivity contribution >= 4 is 45.8 Å². The third kappa shape index (κ3) is 3.99. The second-order valence-electron chi connectivity index (χ2n) is 7.29. The Labute approximate surface area is 186 Å². The topological polar surface area (TPSA) is 52.6 Å². The largest absolute Gasteiger partial charge is 0.416 e. The molecule has 0 aliphatic carbocycles. The average Bonchev–Trinajstić information content (AvgIpc) is 3.35. The second kappa shape index (κ2) is 8.16. The number of carbonyl (C=O) groups excluding carboxylic acids is 2. The van der Waals surface area contributed by atoms with E-state index in [0.717, 1.165) is 22.7 Å². The maximum Gasteiger partial charge on any atom is 0.416 e. The van der Waals surface area contributed by atoms with Gasteiger partial charge < -0.3 is 10.2 Å². The molecule has 0 spiro atoms. The standard InChI is InChI=1S/C23H18F3N3O2S/c1-28(2)16-8-10-17(11-9-16)29-21(30)19(18-7-4-12-32-18)20(22(29)31)27-15-6-3-5-14(13-15)23(24,25)26/h3-13,27H,1-2H3. The zero-order valence-electron chi connectivity index (χ0n) is 17.1. The number of hydrogen-bond acceptors (Lipinski definition) is 5. The maximum atomic E-state index is 13.3. The molecule has 0 saturated heterocycles. The van der Waals surface area contributed by atoms with Gasteiger partial charge in [-0.05, 0) is 53.9 Å². The van der Waals surface area contributed by atoms with Crippen molar-refractivity contribution in [1.29, 1.82) is 0 Å². The third-order valence-electron chi connectivity index (χ3n) is 4.94. The van der Waals surface area contributed by atoms with Gasteiger partial charge in [0, 0.05) is 30.3 Å². The summed E-state index contributed by atoms with van der Waals surface area (Å²) in [6.45, 7) is 0. The quantitative estimate of drug-likeness (QED) is 0.533. The summed E-state index contributed by atoms with van der Waals surface area (Å²) < 4.78 is 39.4. The molecule has 0 saturated carbocycles. The van der Waals surface area contributed by atoms with Gasteiger partial charge >= 0.3 is 6.18 Å². The molecule has 0 bridgehead atoms. The van der Waals surface area contributed by atoms with E-state index in [1.165, 1.54) is 23.5 Å². The van der Waals surface area contributed by atoms with Crippen molar-refractivity contribution in [2.24, 2.45) is 0 Å². The molecule has 5 nitrogen and oxygen atoms in total. The zero-order valence-corrected chi connectivity index (χ0v) is 17.9. The highest BCUT2D eigenvalue weighted by Gasteiger charge is 2.41. The Morgan fingerprint density at radius 2 is 1.66 bits per heavy atom. The van der Waals surface area contributed by atoms with Crippen LogP contribution in [0.5, 0.6) is 0 Å². The molecule has 0 unspecified atom stereocenters. The number of benzene rings is 2. The molecule has 164 valence electrons. The van der Waals surface area contributed by atoms with E-state index in [-0.39, 0.29) is 17.0 Å². The van der Waals surface area contributed by atoms with Gasteiger partial charge in [-0.3, -0.25) is 9.59 Å². The van der Waals surface area contributed by atoms with Crippen molar-refractivity contribution in [2.75, 3.05) is 29.2 Å². The van der Waals surface area contributed by atoms with E-state index in [2.05, 4.69) is 5.32 Å². The first-order valence-electron chi connectivity index (χ1n) is 9.55. The van der Waals surface area contributed by atoms with Crippen LogP contribution in [-0.2, 0) is 15.8 Å². The van der Waals surface area contributed by atoms with E-state index in [4.69, 9.17) is 0 Å². The van der Waals surface area contributed by atoms with E-state index in [1.54, 1.807) is 41.8 Å². The van der Waals surface area contributed by atoms with Crippen molar-refractivity contribution in [3.05, 3.63) is 82.2 Å². The van der Waals surface area contributed by atoms with Gasteiger partial charge in [-0.25, -0.2) is 4.90 Å². The van der Waals surface area contributed by atoms with Crippen LogP contribution >= 0.6 is 11.3 Å². The Hall–Kier alpha value is -3.59. The molecule has 2 aromatic carbocycles. The van der Waals surface area contributed by atoms with Crippen LogP contribution in [0.15, 0.2) is 71.7 Å². The molecule has 0 radical (unpaired) electrons. The number of thiophene rings is 1. The fourth-order valence-electron chi connectivity index (χ4n) is 3.35. The summed E-state index contributed by atoms with van der Waals surface area (Å²) >= 11 is 1.27. The van der Waals surface area contributed by atoms with Gasteiger partial charge in [0.1, 0.15) is 5.70 Å². The lowest BCUT2D eigenvalue weighted by Gasteiger charge is -2.18. The second-order valence-corrected chi connectivity index (χ2v) is 8.24. The highest BCUT2D eigenvalue weighted by atomic mass is 32.1. The van der Waals surface area contributed by atoms with Gasteiger partial charge in [-0.15, -0.1) is 11.3 Å². The molecule has 0 fully saturated rings. The molecule has 1 aliphatic rings. The molecule has 9 heteroatoms. The van der Waals surface area contributed by atoms with Crippen molar-refractivity contribution in [1.82, 2.24) is 0 Å². The minimum Gasteiger partial charge on any atom is -0.378 e. The first-order valence-corrected chi connectivity index (χ1v) is 10.4. The van der Waals surface area contributed by atoms with Crippen LogP contribution in [0.4, 0.5) is 30.2 Å². The average molecular weight is 457 g/mol. The molecular formula is C23H18F3N3O2S. The Balaban J connectivity index is 1.75. The molecule has 4 rings (SSSR count). The van der Waals surface area contributed by atoms with Crippen LogP contribution in [0.3, 0.4) is 0 Å². The van der Waals surface area contributed by atoms with Gasteiger partial charge in [0.2, 0.25) is 0 Å². The van der Waals surface area contributed by atoms with Gasteiger partial charge in [0.05, 0.1) is 16.8 Å². The lowest BCUT2D eigenvalue weighted by atomic mass is 10.1. The van der Waals surface area contributed by atoms with Crippen molar-refractivity contribution in [3.8, 4) is 0 Å². The highest BCUT2D eigenvalue weighted by molar-refractivity contribution is 7.11. The number of alkyl halides is 3. The maximum absolute atomic E-state index is 13.3. The minimum atomic E-state index is -4.53. The molecule has 3 aromatic rings. The molecule has 2 amide bonds. The van der Waals surface area contributed by atoms with Crippen molar-refractivity contribution in [2.45, 2.75) is 6.18 Å². The van der Waals surface area contributed by atoms with E-state index in [9.17, 15) is 22.8 Å². The van der Waals surface area contributed by atoms with E-state index in [0.29, 0.717) is 10.6 Å². The molecular weight excluding hydrogens is 439 g/mol. The fourth-order valence-corrected chi connectivity index (χ4v) is 4.12. The van der Waals surface area contributed by atoms with Gasteiger partial charge in [-0.2, -0.15) is 13.2 Å². The van der Waals surface area contributed by atoms with Crippen LogP contribution in [0.1, 0.15) is 10.4 Å². The fraction of sp³-hybridized carbons (Fsp3) is 0.130. The Morgan fingerprint density at radius 3 is 2.25 bits per heavy atom. The van der Waals surface area contributed by atoms with Crippen LogP contribution < -0.4 is 15.1 Å². The normalized spacial score (nSPS) is 14.3. The molecule has 1 aliphatic heterocycles. The number of anilines is 3. The number of rotatable bonds is 5. The van der Waals surface area contributed by atoms with Gasteiger partial charge in [-0.1, -0.05) is 12.1 Å². The number of imide groups is 1. The Morgan fingerprint density at radius 1 is 0.938 bits per heavy atom. The number of carbonyl (C=O) groups is 2. The first kappa shape index (κ1) is 21.6. The van der Waals surface area contributed by atoms with Crippen LogP contribution in [0, 0.1) is 0 Å². The van der Waals surface area contributed by atoms with Crippen LogP contribution in [0.25, 0.3) is 5.57 Å². The number of nitrogens with one attached hydrogen (secondary N) is 1. The number of amides is 2. The summed E-state index contributed by atoms with van der Waals surface area (Å²) in [7, 11) is 3.74. The van der Waals surface area contributed by atoms with Crippen LogP contribution in [-0.4, -0.2) is 25.9 Å².